The summed E-state index contributed by atoms with van der Waals surface area (Å²) >= 11 is 0. The average molecular weight is 499 g/mol. The predicted molar refractivity (Wildman–Crippen MR) is 146 cm³/mol. The number of benzene rings is 3. The Balaban J connectivity index is 1.64. The first kappa shape index (κ1) is 25.5. The number of hydrogen-bond acceptors (Lipinski definition) is 4. The van der Waals surface area contributed by atoms with Crippen molar-refractivity contribution in [1.29, 1.82) is 0 Å². The Labute approximate surface area is 220 Å². The zero-order valence-electron chi connectivity index (χ0n) is 22.3. The SMILES string of the molecule is CO[C@@H]1C[C@@H]2CC[C@H]([C@@H]1NC(c1ccccc1)(c1ccccc1)c1ccccc1)N2C(=O)OC(C)(C)C. The van der Waals surface area contributed by atoms with Crippen LogP contribution in [0.5, 0.6) is 0 Å². The molecule has 2 bridgehead atoms. The van der Waals surface area contributed by atoms with Crippen LogP contribution < -0.4 is 5.32 Å². The topological polar surface area (TPSA) is 50.8 Å². The number of piperidine rings is 1. The zero-order chi connectivity index (χ0) is 26.0. The van der Waals surface area contributed by atoms with Crippen molar-refractivity contribution in [2.45, 2.75) is 75.4 Å². The molecule has 2 aliphatic rings. The van der Waals surface area contributed by atoms with E-state index in [1.54, 1.807) is 7.11 Å². The van der Waals surface area contributed by atoms with E-state index in [1.165, 1.54) is 0 Å². The summed E-state index contributed by atoms with van der Waals surface area (Å²) in [6.07, 6.45) is 2.38. The van der Waals surface area contributed by atoms with Gasteiger partial charge in [0.15, 0.2) is 0 Å². The Morgan fingerprint density at radius 1 is 0.811 bits per heavy atom. The minimum Gasteiger partial charge on any atom is -0.444 e. The van der Waals surface area contributed by atoms with Crippen molar-refractivity contribution in [3.63, 3.8) is 0 Å². The van der Waals surface area contributed by atoms with E-state index >= 15 is 0 Å². The number of ether oxygens (including phenoxy) is 2. The minimum absolute atomic E-state index is 0.0333. The van der Waals surface area contributed by atoms with E-state index in [9.17, 15) is 4.79 Å². The second-order valence-corrected chi connectivity index (χ2v) is 11.2. The van der Waals surface area contributed by atoms with Gasteiger partial charge in [-0.1, -0.05) is 91.0 Å². The molecule has 0 radical (unpaired) electrons. The largest absolute Gasteiger partial charge is 0.444 e. The zero-order valence-corrected chi connectivity index (χ0v) is 22.3. The number of nitrogens with one attached hydrogen (secondary N) is 1. The van der Waals surface area contributed by atoms with Crippen LogP contribution in [0.2, 0.25) is 0 Å². The van der Waals surface area contributed by atoms with E-state index in [-0.39, 0.29) is 30.3 Å². The summed E-state index contributed by atoms with van der Waals surface area (Å²) in [7, 11) is 1.79. The number of nitrogens with zero attached hydrogens (tertiary/aromatic N) is 1. The Kier molecular flexibility index (Phi) is 7.11. The molecule has 1 amide bonds. The van der Waals surface area contributed by atoms with Crippen LogP contribution in [0.1, 0.15) is 56.7 Å². The van der Waals surface area contributed by atoms with Gasteiger partial charge in [-0.2, -0.15) is 0 Å². The van der Waals surface area contributed by atoms with Gasteiger partial charge in [-0.15, -0.1) is 0 Å². The number of methoxy groups -OCH3 is 1. The Hall–Kier alpha value is -3.15. The smallest absolute Gasteiger partial charge is 0.410 e. The summed E-state index contributed by atoms with van der Waals surface area (Å²) < 4.78 is 12.0. The van der Waals surface area contributed by atoms with E-state index in [1.807, 2.05) is 25.7 Å². The van der Waals surface area contributed by atoms with Gasteiger partial charge in [0.05, 0.1) is 23.7 Å². The van der Waals surface area contributed by atoms with Crippen molar-refractivity contribution in [2.24, 2.45) is 0 Å². The minimum atomic E-state index is -0.639. The number of fused-ring (bicyclic) bond motifs is 2. The molecule has 5 heteroatoms. The molecule has 0 spiro atoms. The van der Waals surface area contributed by atoms with Gasteiger partial charge in [0, 0.05) is 13.2 Å². The lowest BCUT2D eigenvalue weighted by atomic mass is 9.75. The molecule has 5 rings (SSSR count). The van der Waals surface area contributed by atoms with Gasteiger partial charge < -0.3 is 14.4 Å². The highest BCUT2D eigenvalue weighted by Crippen LogP contribution is 2.43. The fourth-order valence-electron chi connectivity index (χ4n) is 6.25. The summed E-state index contributed by atoms with van der Waals surface area (Å²) in [5.41, 5.74) is 2.25. The summed E-state index contributed by atoms with van der Waals surface area (Å²) in [5, 5.41) is 4.12. The standard InChI is InChI=1S/C32H38N2O3/c1-31(2,3)37-30(35)34-26-20-21-27(34)29(28(22-26)36-4)33-32(23-14-8-5-9-15-23,24-16-10-6-11-17-24)25-18-12-7-13-19-25/h5-19,26-29,33H,20-22H2,1-4H3/t26-,27+,28+,29-/m0/s1. The van der Waals surface area contributed by atoms with Gasteiger partial charge in [-0.25, -0.2) is 4.79 Å². The molecule has 2 aliphatic heterocycles. The molecule has 0 saturated carbocycles. The molecule has 194 valence electrons. The van der Waals surface area contributed by atoms with E-state index < -0.39 is 11.1 Å². The van der Waals surface area contributed by atoms with Gasteiger partial charge in [-0.05, 0) is 56.7 Å². The molecule has 2 fully saturated rings. The predicted octanol–water partition coefficient (Wildman–Crippen LogP) is 6.12. The van der Waals surface area contributed by atoms with Crippen molar-refractivity contribution in [3.05, 3.63) is 108 Å². The second kappa shape index (κ2) is 10.3. The highest BCUT2D eigenvalue weighted by atomic mass is 16.6. The first-order valence-corrected chi connectivity index (χ1v) is 13.3. The van der Waals surface area contributed by atoms with E-state index in [0.717, 1.165) is 36.0 Å². The Morgan fingerprint density at radius 3 is 1.73 bits per heavy atom. The fourth-order valence-corrected chi connectivity index (χ4v) is 6.25. The van der Waals surface area contributed by atoms with E-state index in [0.29, 0.717) is 0 Å². The molecular weight excluding hydrogens is 460 g/mol. The van der Waals surface area contributed by atoms with Crippen molar-refractivity contribution in [3.8, 4) is 0 Å². The van der Waals surface area contributed by atoms with Gasteiger partial charge in [0.1, 0.15) is 5.60 Å². The van der Waals surface area contributed by atoms with Crippen molar-refractivity contribution >= 4 is 6.09 Å². The quantitative estimate of drug-likeness (QED) is 0.416. The van der Waals surface area contributed by atoms with Crippen LogP contribution in [0, 0.1) is 0 Å². The summed E-state index contributed by atoms with van der Waals surface area (Å²) in [4.78, 5) is 15.4. The van der Waals surface area contributed by atoms with Crippen molar-refractivity contribution in [1.82, 2.24) is 10.2 Å². The van der Waals surface area contributed by atoms with Gasteiger partial charge in [0.25, 0.3) is 0 Å². The van der Waals surface area contributed by atoms with Gasteiger partial charge in [0.2, 0.25) is 0 Å². The average Bonchev–Trinajstić information content (AvgIpc) is 3.24. The monoisotopic (exact) mass is 498 g/mol. The number of carbonyl (C=O) groups excluding carboxylic acids is 1. The number of amides is 1. The third kappa shape index (κ3) is 4.90. The molecular formula is C32H38N2O3. The molecule has 3 aromatic carbocycles. The first-order chi connectivity index (χ1) is 17.8. The molecule has 1 N–H and O–H groups in total. The summed E-state index contributed by atoms with van der Waals surface area (Å²) in [5.74, 6) is 0. The highest BCUT2D eigenvalue weighted by Gasteiger charge is 2.53. The lowest BCUT2D eigenvalue weighted by Crippen LogP contribution is -2.66. The molecule has 2 saturated heterocycles. The molecule has 5 nitrogen and oxygen atoms in total. The maximum absolute atomic E-state index is 13.4. The Bertz CT molecular complexity index is 1080. The molecule has 2 heterocycles. The highest BCUT2D eigenvalue weighted by molar-refractivity contribution is 5.70. The van der Waals surface area contributed by atoms with E-state index in [4.69, 9.17) is 9.47 Å². The van der Waals surface area contributed by atoms with E-state index in [2.05, 4.69) is 96.3 Å². The van der Waals surface area contributed by atoms with Gasteiger partial charge in [-0.3, -0.25) is 5.32 Å². The number of carbonyl (C=O) groups is 1. The maximum Gasteiger partial charge on any atom is 0.410 e. The molecule has 0 aromatic heterocycles. The van der Waals surface area contributed by atoms with Crippen LogP contribution in [-0.4, -0.2) is 47.9 Å². The van der Waals surface area contributed by atoms with Crippen LogP contribution in [0.4, 0.5) is 4.79 Å². The number of rotatable bonds is 6. The van der Waals surface area contributed by atoms with Crippen LogP contribution in [-0.2, 0) is 15.0 Å². The lowest BCUT2D eigenvalue weighted by Gasteiger charge is -2.49. The Morgan fingerprint density at radius 2 is 1.30 bits per heavy atom. The van der Waals surface area contributed by atoms with Gasteiger partial charge >= 0.3 is 6.09 Å². The fraction of sp³-hybridized carbons (Fsp3) is 0.406. The lowest BCUT2D eigenvalue weighted by molar-refractivity contribution is -0.0423. The molecule has 4 atom stereocenters. The molecule has 37 heavy (non-hydrogen) atoms. The van der Waals surface area contributed by atoms with Crippen LogP contribution in [0.25, 0.3) is 0 Å². The normalized spacial score (nSPS) is 23.6. The molecule has 3 aromatic rings. The van der Waals surface area contributed by atoms with Crippen molar-refractivity contribution < 1.29 is 14.3 Å². The van der Waals surface area contributed by atoms with Crippen LogP contribution in [0.15, 0.2) is 91.0 Å². The molecule has 0 aliphatic carbocycles. The summed E-state index contributed by atoms with van der Waals surface area (Å²) in [6.45, 7) is 5.78. The number of hydrogen-bond donors (Lipinski definition) is 1. The van der Waals surface area contributed by atoms with Crippen molar-refractivity contribution in [2.75, 3.05) is 7.11 Å². The third-order valence-corrected chi connectivity index (χ3v) is 7.78. The van der Waals surface area contributed by atoms with Crippen LogP contribution >= 0.6 is 0 Å². The third-order valence-electron chi connectivity index (χ3n) is 7.78. The molecule has 0 unspecified atom stereocenters. The second-order valence-electron chi connectivity index (χ2n) is 11.2. The maximum atomic E-state index is 13.4. The summed E-state index contributed by atoms with van der Waals surface area (Å²) in [6, 6.07) is 31.8. The first-order valence-electron chi connectivity index (χ1n) is 13.3. The van der Waals surface area contributed by atoms with Crippen LogP contribution in [0.3, 0.4) is 0 Å².